The van der Waals surface area contributed by atoms with Crippen LogP contribution in [0, 0.1) is 0 Å². The highest BCUT2D eigenvalue weighted by molar-refractivity contribution is 8.15. The zero-order chi connectivity index (χ0) is 19.9. The molecule has 2 aromatic carbocycles. The average molecular weight is 396 g/mol. The second-order valence-electron chi connectivity index (χ2n) is 6.03. The van der Waals surface area contributed by atoms with Crippen LogP contribution in [0.25, 0.3) is 0 Å². The Morgan fingerprint density at radius 1 is 1.18 bits per heavy atom. The zero-order valence-corrected chi connectivity index (χ0v) is 16.3. The molecule has 7 nitrogen and oxygen atoms in total. The molecular formula is C20H20N4O3S. The molecule has 2 amide bonds. The van der Waals surface area contributed by atoms with Gasteiger partial charge < -0.3 is 15.4 Å². The lowest BCUT2D eigenvalue weighted by molar-refractivity contribution is -0.123. The number of anilines is 1. The van der Waals surface area contributed by atoms with Gasteiger partial charge in [-0.25, -0.2) is 0 Å². The molecule has 1 saturated heterocycles. The van der Waals surface area contributed by atoms with Crippen molar-refractivity contribution in [3.63, 3.8) is 0 Å². The standard InChI is InChI=1S/C20H20N4O3S/c1-13(14-6-4-3-5-7-14)23-24-20-22-18(25)12-17(28-20)19(26)21-15-8-10-16(27-2)11-9-15/h3-11,17H,12H2,1-2H3,(H,21,26)(H,22,24,25)/b23-13-/t17-/m0/s1. The largest absolute Gasteiger partial charge is 0.497 e. The number of carbonyl (C=O) groups excluding carboxylic acids is 2. The summed E-state index contributed by atoms with van der Waals surface area (Å²) in [6.45, 7) is 1.84. The summed E-state index contributed by atoms with van der Waals surface area (Å²) in [6.07, 6.45) is 0.0764. The van der Waals surface area contributed by atoms with E-state index in [1.165, 1.54) is 11.8 Å². The van der Waals surface area contributed by atoms with E-state index in [0.29, 0.717) is 22.3 Å². The molecule has 2 N–H and O–H groups in total. The normalized spacial score (nSPS) is 18.5. The number of hydrogen-bond acceptors (Lipinski definition) is 6. The van der Waals surface area contributed by atoms with Gasteiger partial charge in [0.1, 0.15) is 11.0 Å². The Morgan fingerprint density at radius 3 is 2.57 bits per heavy atom. The molecule has 1 heterocycles. The van der Waals surface area contributed by atoms with Gasteiger partial charge in [-0.2, -0.15) is 5.10 Å². The van der Waals surface area contributed by atoms with Crippen LogP contribution in [0.2, 0.25) is 0 Å². The number of methoxy groups -OCH3 is 1. The van der Waals surface area contributed by atoms with E-state index >= 15 is 0 Å². The summed E-state index contributed by atoms with van der Waals surface area (Å²) in [5.74, 6) is 0.173. The van der Waals surface area contributed by atoms with E-state index in [2.05, 4.69) is 20.8 Å². The molecule has 2 aromatic rings. The second-order valence-corrected chi connectivity index (χ2v) is 7.22. The Balaban J connectivity index is 1.67. The van der Waals surface area contributed by atoms with Gasteiger partial charge in [0.05, 0.1) is 12.8 Å². The predicted octanol–water partition coefficient (Wildman–Crippen LogP) is 3.04. The molecule has 3 rings (SSSR count). The molecule has 0 aliphatic carbocycles. The fraction of sp³-hybridized carbons (Fsp3) is 0.200. The molecule has 0 bridgehead atoms. The van der Waals surface area contributed by atoms with E-state index < -0.39 is 5.25 Å². The molecule has 0 saturated carbocycles. The van der Waals surface area contributed by atoms with E-state index in [1.807, 2.05) is 37.3 Å². The highest BCUT2D eigenvalue weighted by atomic mass is 32.2. The van der Waals surface area contributed by atoms with Crippen molar-refractivity contribution in [2.24, 2.45) is 10.2 Å². The van der Waals surface area contributed by atoms with Crippen LogP contribution in [0.4, 0.5) is 5.69 Å². The summed E-state index contributed by atoms with van der Waals surface area (Å²) in [6, 6.07) is 16.6. The average Bonchev–Trinajstić information content (AvgIpc) is 2.72. The van der Waals surface area contributed by atoms with E-state index in [0.717, 1.165) is 5.56 Å². The molecule has 0 unspecified atom stereocenters. The molecule has 1 atom stereocenters. The Kier molecular flexibility index (Phi) is 6.44. The first kappa shape index (κ1) is 19.6. The summed E-state index contributed by atoms with van der Waals surface area (Å²) < 4.78 is 5.10. The van der Waals surface area contributed by atoms with E-state index in [1.54, 1.807) is 31.4 Å². The smallest absolute Gasteiger partial charge is 0.238 e. The number of nitrogens with zero attached hydrogens (tertiary/aromatic N) is 2. The van der Waals surface area contributed by atoms with Crippen LogP contribution in [0.15, 0.2) is 64.8 Å². The predicted molar refractivity (Wildman–Crippen MR) is 112 cm³/mol. The minimum absolute atomic E-state index is 0.0764. The maximum atomic E-state index is 12.5. The maximum Gasteiger partial charge on any atom is 0.238 e. The highest BCUT2D eigenvalue weighted by Gasteiger charge is 2.30. The summed E-state index contributed by atoms with van der Waals surface area (Å²) in [5, 5.41) is 13.5. The third-order valence-electron chi connectivity index (χ3n) is 4.00. The summed E-state index contributed by atoms with van der Waals surface area (Å²) >= 11 is 1.18. The Hall–Kier alpha value is -3.13. The molecule has 28 heavy (non-hydrogen) atoms. The number of rotatable bonds is 5. The maximum absolute atomic E-state index is 12.5. The summed E-state index contributed by atoms with van der Waals surface area (Å²) in [7, 11) is 1.58. The van der Waals surface area contributed by atoms with Crippen molar-refractivity contribution >= 4 is 40.1 Å². The van der Waals surface area contributed by atoms with Crippen LogP contribution in [-0.2, 0) is 9.59 Å². The van der Waals surface area contributed by atoms with E-state index in [9.17, 15) is 9.59 Å². The van der Waals surface area contributed by atoms with Gasteiger partial charge in [-0.15, -0.1) is 5.10 Å². The number of nitrogens with one attached hydrogen (secondary N) is 2. The van der Waals surface area contributed by atoms with Gasteiger partial charge in [-0.05, 0) is 36.8 Å². The van der Waals surface area contributed by atoms with Crippen molar-refractivity contribution in [3.05, 3.63) is 60.2 Å². The van der Waals surface area contributed by atoms with Crippen molar-refractivity contribution in [2.75, 3.05) is 12.4 Å². The van der Waals surface area contributed by atoms with Gasteiger partial charge in [0, 0.05) is 12.1 Å². The van der Waals surface area contributed by atoms with Gasteiger partial charge in [0.25, 0.3) is 0 Å². The number of thioether (sulfide) groups is 1. The lowest BCUT2D eigenvalue weighted by Gasteiger charge is -2.21. The van der Waals surface area contributed by atoms with Crippen LogP contribution in [0.3, 0.4) is 0 Å². The molecule has 0 spiro atoms. The number of carbonyl (C=O) groups is 2. The number of benzene rings is 2. The molecule has 0 aromatic heterocycles. The molecule has 0 radical (unpaired) electrons. The van der Waals surface area contributed by atoms with Crippen molar-refractivity contribution in [1.82, 2.24) is 5.32 Å². The van der Waals surface area contributed by atoms with E-state index in [4.69, 9.17) is 4.74 Å². The number of ether oxygens (including phenoxy) is 1. The molecule has 8 heteroatoms. The number of amidine groups is 1. The minimum atomic E-state index is -0.582. The van der Waals surface area contributed by atoms with Crippen LogP contribution >= 0.6 is 11.8 Å². The summed E-state index contributed by atoms with van der Waals surface area (Å²) in [5.41, 5.74) is 2.29. The monoisotopic (exact) mass is 396 g/mol. The second kappa shape index (κ2) is 9.18. The fourth-order valence-corrected chi connectivity index (χ4v) is 3.42. The van der Waals surface area contributed by atoms with Crippen molar-refractivity contribution < 1.29 is 14.3 Å². The van der Waals surface area contributed by atoms with Crippen molar-refractivity contribution in [2.45, 2.75) is 18.6 Å². The molecule has 144 valence electrons. The minimum Gasteiger partial charge on any atom is -0.497 e. The Bertz CT molecular complexity index is 911. The van der Waals surface area contributed by atoms with Gasteiger partial charge in [-0.1, -0.05) is 42.1 Å². The van der Waals surface area contributed by atoms with Crippen LogP contribution in [-0.4, -0.2) is 35.1 Å². The molecule has 1 aliphatic heterocycles. The molecule has 1 aliphatic rings. The first-order valence-corrected chi connectivity index (χ1v) is 9.52. The van der Waals surface area contributed by atoms with E-state index in [-0.39, 0.29) is 18.2 Å². The van der Waals surface area contributed by atoms with Gasteiger partial charge in [0.15, 0.2) is 5.17 Å². The van der Waals surface area contributed by atoms with Crippen LogP contribution in [0.1, 0.15) is 18.9 Å². The third-order valence-corrected chi connectivity index (χ3v) is 5.08. The highest BCUT2D eigenvalue weighted by Crippen LogP contribution is 2.23. The topological polar surface area (TPSA) is 92.1 Å². The van der Waals surface area contributed by atoms with Crippen LogP contribution < -0.4 is 15.4 Å². The lowest BCUT2D eigenvalue weighted by atomic mass is 10.1. The first-order chi connectivity index (χ1) is 13.5. The number of amides is 2. The summed E-state index contributed by atoms with van der Waals surface area (Å²) in [4.78, 5) is 24.5. The first-order valence-electron chi connectivity index (χ1n) is 8.64. The van der Waals surface area contributed by atoms with Gasteiger partial charge >= 0.3 is 0 Å². The molecular weight excluding hydrogens is 376 g/mol. The van der Waals surface area contributed by atoms with Crippen LogP contribution in [0.5, 0.6) is 5.75 Å². The fourth-order valence-electron chi connectivity index (χ4n) is 2.49. The van der Waals surface area contributed by atoms with Gasteiger partial charge in [-0.3, -0.25) is 9.59 Å². The Morgan fingerprint density at radius 2 is 1.89 bits per heavy atom. The van der Waals surface area contributed by atoms with Crippen molar-refractivity contribution in [1.29, 1.82) is 0 Å². The zero-order valence-electron chi connectivity index (χ0n) is 15.5. The number of hydrogen-bond donors (Lipinski definition) is 2. The van der Waals surface area contributed by atoms with Gasteiger partial charge in [0.2, 0.25) is 11.8 Å². The Labute approximate surface area is 167 Å². The molecule has 1 fully saturated rings. The lowest BCUT2D eigenvalue weighted by Crippen LogP contribution is -2.41. The quantitative estimate of drug-likeness (QED) is 0.600. The van der Waals surface area contributed by atoms with Crippen molar-refractivity contribution in [3.8, 4) is 5.75 Å². The third kappa shape index (κ3) is 5.20. The SMILES string of the molecule is COc1ccc(NC(=O)[C@@H]2CC(=O)N/C(=N\N=C(\C)c3ccccc3)S2)cc1.